The monoisotopic (exact) mass is 348 g/mol. The summed E-state index contributed by atoms with van der Waals surface area (Å²) in [4.78, 5) is 19.1. The van der Waals surface area contributed by atoms with Crippen molar-refractivity contribution in [1.29, 1.82) is 5.26 Å². The molecule has 2 aromatic rings. The van der Waals surface area contributed by atoms with Crippen LogP contribution in [-0.2, 0) is 4.79 Å². The molecule has 2 aliphatic rings. The highest BCUT2D eigenvalue weighted by molar-refractivity contribution is 5.87. The number of amides is 1. The van der Waals surface area contributed by atoms with Crippen LogP contribution in [0.25, 0.3) is 10.9 Å². The van der Waals surface area contributed by atoms with E-state index in [1.165, 1.54) is 5.56 Å². The van der Waals surface area contributed by atoms with E-state index in [0.717, 1.165) is 43.3 Å². The number of pyridine rings is 1. The van der Waals surface area contributed by atoms with Crippen LogP contribution in [0.4, 0.5) is 0 Å². The standard InChI is InChI=1S/C21H24N4O/c1-14-9-16(13-25(12-14)19(26)10-21(23)6-7-21)17-5-4-15(11-22)20-18(17)3-2-8-24-20/h2-5,8,14,16H,6-7,9-10,12-13,23H2,1H3/t14-,16+/m1/s1. The van der Waals surface area contributed by atoms with Gasteiger partial charge in [0.05, 0.1) is 11.1 Å². The minimum absolute atomic E-state index is 0.178. The van der Waals surface area contributed by atoms with Crippen molar-refractivity contribution in [3.05, 3.63) is 41.6 Å². The Kier molecular flexibility index (Phi) is 4.16. The fourth-order valence-corrected chi connectivity index (χ4v) is 4.17. The van der Waals surface area contributed by atoms with Gasteiger partial charge in [0.15, 0.2) is 0 Å². The number of rotatable bonds is 3. The Balaban J connectivity index is 1.64. The average Bonchev–Trinajstić information content (AvgIpc) is 3.36. The first-order chi connectivity index (χ1) is 12.5. The van der Waals surface area contributed by atoms with Gasteiger partial charge in [0, 0.05) is 42.6 Å². The van der Waals surface area contributed by atoms with Crippen molar-refractivity contribution in [2.45, 2.75) is 44.1 Å². The molecule has 5 heteroatoms. The number of benzene rings is 1. The Morgan fingerprint density at radius 3 is 2.92 bits per heavy atom. The second kappa shape index (κ2) is 6.37. The van der Waals surface area contributed by atoms with Crippen LogP contribution >= 0.6 is 0 Å². The number of nitrogens with zero attached hydrogens (tertiary/aromatic N) is 3. The Morgan fingerprint density at radius 1 is 1.38 bits per heavy atom. The summed E-state index contributed by atoms with van der Waals surface area (Å²) in [6.45, 7) is 3.72. The molecule has 4 rings (SSSR count). The maximum atomic E-state index is 12.7. The Morgan fingerprint density at radius 2 is 2.19 bits per heavy atom. The summed E-state index contributed by atoms with van der Waals surface area (Å²) in [5.41, 5.74) is 8.44. The Hall–Kier alpha value is -2.45. The number of hydrogen-bond donors (Lipinski definition) is 1. The number of nitrogens with two attached hydrogens (primary N) is 1. The van der Waals surface area contributed by atoms with E-state index in [1.807, 2.05) is 29.2 Å². The molecule has 1 aromatic heterocycles. The quantitative estimate of drug-likeness (QED) is 0.924. The Labute approximate surface area is 153 Å². The zero-order chi connectivity index (χ0) is 18.3. The van der Waals surface area contributed by atoms with Crippen molar-refractivity contribution in [3.8, 4) is 6.07 Å². The minimum Gasteiger partial charge on any atom is -0.342 e. The zero-order valence-corrected chi connectivity index (χ0v) is 15.1. The molecular weight excluding hydrogens is 324 g/mol. The average molecular weight is 348 g/mol. The SMILES string of the molecule is C[C@@H]1C[C@H](c2ccc(C#N)c3ncccc23)CN(C(=O)CC2(N)CC2)C1. The lowest BCUT2D eigenvalue weighted by Crippen LogP contribution is -2.44. The number of nitriles is 1. The molecule has 1 aliphatic carbocycles. The predicted octanol–water partition coefficient (Wildman–Crippen LogP) is 2.94. The summed E-state index contributed by atoms with van der Waals surface area (Å²) in [7, 11) is 0. The molecule has 1 amide bonds. The highest BCUT2D eigenvalue weighted by Gasteiger charge is 2.42. The van der Waals surface area contributed by atoms with Crippen LogP contribution in [0.15, 0.2) is 30.5 Å². The second-order valence-electron chi connectivity index (χ2n) is 8.09. The van der Waals surface area contributed by atoms with Crippen molar-refractivity contribution in [2.24, 2.45) is 11.7 Å². The summed E-state index contributed by atoms with van der Waals surface area (Å²) in [5.74, 6) is 0.876. The highest BCUT2D eigenvalue weighted by atomic mass is 16.2. The lowest BCUT2D eigenvalue weighted by Gasteiger charge is -2.37. The molecule has 2 fully saturated rings. The molecular formula is C21H24N4O. The van der Waals surface area contributed by atoms with E-state index >= 15 is 0 Å². The van der Waals surface area contributed by atoms with Gasteiger partial charge >= 0.3 is 0 Å². The van der Waals surface area contributed by atoms with Gasteiger partial charge in [-0.1, -0.05) is 19.1 Å². The molecule has 1 saturated heterocycles. The molecule has 2 N–H and O–H groups in total. The molecule has 2 heterocycles. The van der Waals surface area contributed by atoms with Gasteiger partial charge in [-0.05, 0) is 42.9 Å². The minimum atomic E-state index is -0.252. The van der Waals surface area contributed by atoms with Crippen LogP contribution in [-0.4, -0.2) is 34.4 Å². The van der Waals surface area contributed by atoms with E-state index in [2.05, 4.69) is 18.0 Å². The maximum Gasteiger partial charge on any atom is 0.224 e. The number of likely N-dealkylation sites (tertiary alicyclic amines) is 1. The predicted molar refractivity (Wildman–Crippen MR) is 100 cm³/mol. The van der Waals surface area contributed by atoms with Crippen molar-refractivity contribution in [1.82, 2.24) is 9.88 Å². The van der Waals surface area contributed by atoms with E-state index in [9.17, 15) is 10.1 Å². The van der Waals surface area contributed by atoms with Gasteiger partial charge in [0.1, 0.15) is 6.07 Å². The molecule has 1 aromatic carbocycles. The summed E-state index contributed by atoms with van der Waals surface area (Å²) >= 11 is 0. The lowest BCUT2D eigenvalue weighted by molar-refractivity contribution is -0.133. The Bertz CT molecular complexity index is 897. The number of fused-ring (bicyclic) bond motifs is 1. The van der Waals surface area contributed by atoms with Gasteiger partial charge in [-0.3, -0.25) is 9.78 Å². The van der Waals surface area contributed by atoms with E-state index in [4.69, 9.17) is 5.73 Å². The van der Waals surface area contributed by atoms with Crippen LogP contribution in [0.3, 0.4) is 0 Å². The van der Waals surface area contributed by atoms with Crippen LogP contribution < -0.4 is 5.73 Å². The van der Waals surface area contributed by atoms with Crippen molar-refractivity contribution >= 4 is 16.8 Å². The number of carbonyl (C=O) groups is 1. The van der Waals surface area contributed by atoms with E-state index < -0.39 is 0 Å². The number of hydrogen-bond acceptors (Lipinski definition) is 4. The van der Waals surface area contributed by atoms with E-state index in [1.54, 1.807) is 6.20 Å². The third-order valence-corrected chi connectivity index (χ3v) is 5.77. The summed E-state index contributed by atoms with van der Waals surface area (Å²) in [6, 6.07) is 10.1. The largest absolute Gasteiger partial charge is 0.342 e. The normalized spacial score (nSPS) is 24.3. The molecule has 1 saturated carbocycles. The topological polar surface area (TPSA) is 83.0 Å². The number of piperidine rings is 1. The summed E-state index contributed by atoms with van der Waals surface area (Å²) < 4.78 is 0. The van der Waals surface area contributed by atoms with Crippen LogP contribution in [0.5, 0.6) is 0 Å². The van der Waals surface area contributed by atoms with E-state index in [0.29, 0.717) is 17.9 Å². The fourth-order valence-electron chi connectivity index (χ4n) is 4.17. The van der Waals surface area contributed by atoms with Gasteiger partial charge in [-0.15, -0.1) is 0 Å². The summed E-state index contributed by atoms with van der Waals surface area (Å²) in [6.07, 6.45) is 5.13. The second-order valence-corrected chi connectivity index (χ2v) is 8.09. The molecule has 26 heavy (non-hydrogen) atoms. The fraction of sp³-hybridized carbons (Fsp3) is 0.476. The van der Waals surface area contributed by atoms with Gasteiger partial charge in [0.2, 0.25) is 5.91 Å². The third-order valence-electron chi connectivity index (χ3n) is 5.77. The smallest absolute Gasteiger partial charge is 0.224 e. The third kappa shape index (κ3) is 3.17. The number of aromatic nitrogens is 1. The first kappa shape index (κ1) is 17.0. The molecule has 134 valence electrons. The van der Waals surface area contributed by atoms with Crippen LogP contribution in [0.1, 0.15) is 49.7 Å². The molecule has 0 unspecified atom stereocenters. The summed E-state index contributed by atoms with van der Waals surface area (Å²) in [5, 5.41) is 10.4. The zero-order valence-electron chi connectivity index (χ0n) is 15.1. The van der Waals surface area contributed by atoms with Gasteiger partial charge in [-0.2, -0.15) is 5.26 Å². The number of carbonyl (C=O) groups excluding carboxylic acids is 1. The molecule has 1 aliphatic heterocycles. The lowest BCUT2D eigenvalue weighted by atomic mass is 9.83. The van der Waals surface area contributed by atoms with Crippen molar-refractivity contribution in [2.75, 3.05) is 13.1 Å². The van der Waals surface area contributed by atoms with Crippen LogP contribution in [0.2, 0.25) is 0 Å². The molecule has 0 bridgehead atoms. The molecule has 0 spiro atoms. The van der Waals surface area contributed by atoms with Crippen molar-refractivity contribution < 1.29 is 4.79 Å². The van der Waals surface area contributed by atoms with Gasteiger partial charge < -0.3 is 10.6 Å². The van der Waals surface area contributed by atoms with Gasteiger partial charge in [0.25, 0.3) is 0 Å². The maximum absolute atomic E-state index is 12.7. The van der Waals surface area contributed by atoms with Crippen LogP contribution in [0, 0.1) is 17.2 Å². The molecule has 0 radical (unpaired) electrons. The van der Waals surface area contributed by atoms with Crippen molar-refractivity contribution in [3.63, 3.8) is 0 Å². The highest BCUT2D eigenvalue weighted by Crippen LogP contribution is 2.38. The first-order valence-electron chi connectivity index (χ1n) is 9.33. The molecule has 2 atom stereocenters. The molecule has 5 nitrogen and oxygen atoms in total. The first-order valence-corrected chi connectivity index (χ1v) is 9.33. The van der Waals surface area contributed by atoms with Gasteiger partial charge in [-0.25, -0.2) is 0 Å². The van der Waals surface area contributed by atoms with E-state index in [-0.39, 0.29) is 17.4 Å².